The first-order chi connectivity index (χ1) is 14.2. The molecule has 0 heterocycles. The molecule has 0 bridgehead atoms. The van der Waals surface area contributed by atoms with Gasteiger partial charge in [0.15, 0.2) is 0 Å². The van der Waals surface area contributed by atoms with Gasteiger partial charge < -0.3 is 14.6 Å². The van der Waals surface area contributed by atoms with E-state index in [-0.39, 0.29) is 18.8 Å². The van der Waals surface area contributed by atoms with Gasteiger partial charge in [-0.15, -0.1) is 5.92 Å². The largest absolute Gasteiger partial charge is 0.493 e. The molecule has 0 radical (unpaired) electrons. The molecule has 0 saturated carbocycles. The summed E-state index contributed by atoms with van der Waals surface area (Å²) in [5.74, 6) is 4.65. The van der Waals surface area contributed by atoms with Crippen LogP contribution in [0.1, 0.15) is 43.7 Å². The fourth-order valence-electron chi connectivity index (χ4n) is 2.82. The van der Waals surface area contributed by atoms with Crippen molar-refractivity contribution in [1.82, 2.24) is 0 Å². The van der Waals surface area contributed by atoms with E-state index in [9.17, 15) is 18.0 Å². The topological polar surface area (TPSA) is 55.8 Å². The molecule has 0 spiro atoms. The number of alkyl halides is 3. The Balaban J connectivity index is 1.90. The average Bonchev–Trinajstić information content (AvgIpc) is 2.67. The highest BCUT2D eigenvalue weighted by Gasteiger charge is 2.34. The van der Waals surface area contributed by atoms with Gasteiger partial charge in [0, 0.05) is 6.42 Å². The van der Waals surface area contributed by atoms with Crippen LogP contribution in [0, 0.1) is 11.8 Å². The standard InChI is InChI=1S/C23H23F3O4/c1-3-6-18(15-22(27)28)17-9-11-19(12-10-17)29-14-13-16(2)30-21-8-5-4-7-20(21)23(24,25)26/h4-5,7-12,16,18H,13-15H2,1-2H3,(H,27,28)/t16-,18?/m1/s1. The van der Waals surface area contributed by atoms with Crippen molar-refractivity contribution in [2.24, 2.45) is 0 Å². The van der Waals surface area contributed by atoms with Crippen LogP contribution in [0.2, 0.25) is 0 Å². The molecule has 2 atom stereocenters. The number of hydrogen-bond donors (Lipinski definition) is 1. The van der Waals surface area contributed by atoms with Crippen LogP contribution in [0.25, 0.3) is 0 Å². The van der Waals surface area contributed by atoms with Crippen molar-refractivity contribution in [3.63, 3.8) is 0 Å². The summed E-state index contributed by atoms with van der Waals surface area (Å²) in [5.41, 5.74) is -0.0287. The molecule has 2 aromatic carbocycles. The van der Waals surface area contributed by atoms with Gasteiger partial charge in [-0.1, -0.05) is 30.2 Å². The number of rotatable bonds is 9. The van der Waals surface area contributed by atoms with Gasteiger partial charge >= 0.3 is 12.1 Å². The van der Waals surface area contributed by atoms with Crippen LogP contribution < -0.4 is 9.47 Å². The zero-order chi connectivity index (χ0) is 22.1. The van der Waals surface area contributed by atoms with E-state index in [0.29, 0.717) is 12.2 Å². The minimum atomic E-state index is -4.48. The second-order valence-corrected chi connectivity index (χ2v) is 6.67. The number of para-hydroxylation sites is 1. The number of benzene rings is 2. The number of carboxylic acid groups (broad SMARTS) is 1. The van der Waals surface area contributed by atoms with E-state index < -0.39 is 29.7 Å². The molecule has 2 aromatic rings. The molecule has 0 aliphatic rings. The van der Waals surface area contributed by atoms with E-state index in [1.807, 2.05) is 0 Å². The Kier molecular flexibility index (Phi) is 8.16. The Bertz CT molecular complexity index is 895. The zero-order valence-corrected chi connectivity index (χ0v) is 16.7. The lowest BCUT2D eigenvalue weighted by molar-refractivity contribution is -0.139. The summed E-state index contributed by atoms with van der Waals surface area (Å²) in [7, 11) is 0. The molecular weight excluding hydrogens is 397 g/mol. The van der Waals surface area contributed by atoms with Crippen LogP contribution in [0.5, 0.6) is 11.5 Å². The maximum absolute atomic E-state index is 13.0. The molecule has 1 N–H and O–H groups in total. The molecule has 7 heteroatoms. The summed E-state index contributed by atoms with van der Waals surface area (Å²) >= 11 is 0. The Labute approximate surface area is 173 Å². The third-order valence-electron chi connectivity index (χ3n) is 4.29. The molecule has 160 valence electrons. The van der Waals surface area contributed by atoms with E-state index in [0.717, 1.165) is 11.6 Å². The Hall–Kier alpha value is -3.14. The summed E-state index contributed by atoms with van der Waals surface area (Å²) in [6.07, 6.45) is -4.66. The molecule has 0 fully saturated rings. The van der Waals surface area contributed by atoms with Crippen LogP contribution in [-0.2, 0) is 11.0 Å². The van der Waals surface area contributed by atoms with Gasteiger partial charge in [0.2, 0.25) is 0 Å². The van der Waals surface area contributed by atoms with Crippen molar-refractivity contribution in [3.05, 3.63) is 59.7 Å². The van der Waals surface area contributed by atoms with Crippen molar-refractivity contribution < 1.29 is 32.5 Å². The lowest BCUT2D eigenvalue weighted by Gasteiger charge is -2.19. The van der Waals surface area contributed by atoms with Gasteiger partial charge in [-0.3, -0.25) is 4.79 Å². The number of hydrogen-bond acceptors (Lipinski definition) is 3. The number of ether oxygens (including phenoxy) is 2. The van der Waals surface area contributed by atoms with Crippen molar-refractivity contribution >= 4 is 5.97 Å². The van der Waals surface area contributed by atoms with Crippen molar-refractivity contribution in [2.45, 2.75) is 44.9 Å². The predicted molar refractivity (Wildman–Crippen MR) is 107 cm³/mol. The molecule has 0 aromatic heterocycles. The minimum Gasteiger partial charge on any atom is -0.493 e. The summed E-state index contributed by atoms with van der Waals surface area (Å²) in [4.78, 5) is 11.0. The van der Waals surface area contributed by atoms with Gasteiger partial charge in [-0.25, -0.2) is 0 Å². The summed E-state index contributed by atoms with van der Waals surface area (Å²) in [6.45, 7) is 3.59. The smallest absolute Gasteiger partial charge is 0.419 e. The second-order valence-electron chi connectivity index (χ2n) is 6.67. The fourth-order valence-corrected chi connectivity index (χ4v) is 2.82. The Morgan fingerprint density at radius 1 is 1.13 bits per heavy atom. The fraction of sp³-hybridized carbons (Fsp3) is 0.348. The molecule has 0 aliphatic heterocycles. The van der Waals surface area contributed by atoms with Gasteiger partial charge in [0.1, 0.15) is 11.5 Å². The third kappa shape index (κ3) is 7.03. The lowest BCUT2D eigenvalue weighted by Crippen LogP contribution is -2.18. The maximum Gasteiger partial charge on any atom is 0.419 e. The Morgan fingerprint density at radius 3 is 2.40 bits per heavy atom. The maximum atomic E-state index is 13.0. The predicted octanol–water partition coefficient (Wildman–Crippen LogP) is 5.52. The van der Waals surface area contributed by atoms with Crippen LogP contribution in [0.4, 0.5) is 13.2 Å². The van der Waals surface area contributed by atoms with Gasteiger partial charge in [-0.05, 0) is 43.7 Å². The molecular formula is C23H23F3O4. The minimum absolute atomic E-state index is 0.0880. The van der Waals surface area contributed by atoms with E-state index in [1.54, 1.807) is 38.1 Å². The van der Waals surface area contributed by atoms with Crippen molar-refractivity contribution in [1.29, 1.82) is 0 Å². The highest BCUT2D eigenvalue weighted by atomic mass is 19.4. The van der Waals surface area contributed by atoms with E-state index in [2.05, 4.69) is 11.8 Å². The monoisotopic (exact) mass is 420 g/mol. The number of carboxylic acids is 1. The zero-order valence-electron chi connectivity index (χ0n) is 16.7. The highest BCUT2D eigenvalue weighted by molar-refractivity contribution is 5.69. The normalized spacial score (nSPS) is 13.0. The van der Waals surface area contributed by atoms with Crippen LogP contribution in [-0.4, -0.2) is 23.8 Å². The summed E-state index contributed by atoms with van der Waals surface area (Å²) in [6, 6.07) is 12.0. The SMILES string of the molecule is CC#CC(CC(=O)O)c1ccc(OCC[C@@H](C)Oc2ccccc2C(F)(F)F)cc1. The molecule has 30 heavy (non-hydrogen) atoms. The van der Waals surface area contributed by atoms with Crippen LogP contribution in [0.15, 0.2) is 48.5 Å². The number of aliphatic carboxylic acids is 1. The molecule has 4 nitrogen and oxygen atoms in total. The van der Waals surface area contributed by atoms with Crippen molar-refractivity contribution in [2.75, 3.05) is 6.61 Å². The molecule has 2 rings (SSSR count). The molecule has 0 saturated heterocycles. The third-order valence-corrected chi connectivity index (χ3v) is 4.29. The van der Waals surface area contributed by atoms with Gasteiger partial charge in [-0.2, -0.15) is 13.2 Å². The summed E-state index contributed by atoms with van der Waals surface area (Å²) in [5, 5.41) is 9.00. The average molecular weight is 420 g/mol. The highest BCUT2D eigenvalue weighted by Crippen LogP contribution is 2.36. The first-order valence-corrected chi connectivity index (χ1v) is 9.40. The van der Waals surface area contributed by atoms with Gasteiger partial charge in [0.25, 0.3) is 0 Å². The quantitative estimate of drug-likeness (QED) is 0.543. The molecule has 0 amide bonds. The van der Waals surface area contributed by atoms with Crippen molar-refractivity contribution in [3.8, 4) is 23.3 Å². The summed E-state index contributed by atoms with van der Waals surface area (Å²) < 4.78 is 50.2. The lowest BCUT2D eigenvalue weighted by atomic mass is 9.96. The van der Waals surface area contributed by atoms with E-state index in [4.69, 9.17) is 14.6 Å². The molecule has 0 aliphatic carbocycles. The van der Waals surface area contributed by atoms with E-state index in [1.165, 1.54) is 18.2 Å². The number of halogens is 3. The van der Waals surface area contributed by atoms with Crippen LogP contribution >= 0.6 is 0 Å². The van der Waals surface area contributed by atoms with Crippen LogP contribution in [0.3, 0.4) is 0 Å². The van der Waals surface area contributed by atoms with Gasteiger partial charge in [0.05, 0.1) is 30.6 Å². The number of carbonyl (C=O) groups is 1. The second kappa shape index (κ2) is 10.6. The first-order valence-electron chi connectivity index (χ1n) is 9.40. The Morgan fingerprint density at radius 2 is 1.80 bits per heavy atom. The van der Waals surface area contributed by atoms with E-state index >= 15 is 0 Å². The first kappa shape index (κ1) is 23.1. The molecule has 1 unspecified atom stereocenters.